The first-order valence-corrected chi connectivity index (χ1v) is 10.6. The molecule has 0 saturated heterocycles. The van der Waals surface area contributed by atoms with Gasteiger partial charge < -0.3 is 26.6 Å². The molecule has 6 nitrogen and oxygen atoms in total. The molecule has 0 aliphatic heterocycles. The Morgan fingerprint density at radius 2 is 1.16 bits per heavy atom. The Hall–Kier alpha value is -3.06. The SMILES string of the molecule is Nc1ccc(CN(CCNCc2ccccc2O)CCNCc2ccccc2O)cc1. The molecule has 0 aliphatic rings. The van der Waals surface area contributed by atoms with Gasteiger partial charge in [0.05, 0.1) is 0 Å². The summed E-state index contributed by atoms with van der Waals surface area (Å²) >= 11 is 0. The van der Waals surface area contributed by atoms with Gasteiger partial charge >= 0.3 is 0 Å². The molecule has 0 unspecified atom stereocenters. The van der Waals surface area contributed by atoms with Crippen molar-refractivity contribution >= 4 is 5.69 Å². The first-order valence-electron chi connectivity index (χ1n) is 10.6. The van der Waals surface area contributed by atoms with Gasteiger partial charge in [-0.15, -0.1) is 0 Å². The molecule has 0 amide bonds. The van der Waals surface area contributed by atoms with Crippen molar-refractivity contribution in [3.8, 4) is 11.5 Å². The van der Waals surface area contributed by atoms with E-state index in [1.807, 2.05) is 48.5 Å². The molecule has 0 aliphatic carbocycles. The monoisotopic (exact) mass is 420 g/mol. The zero-order chi connectivity index (χ0) is 21.9. The van der Waals surface area contributed by atoms with Crippen LogP contribution in [0.3, 0.4) is 0 Å². The van der Waals surface area contributed by atoms with E-state index >= 15 is 0 Å². The van der Waals surface area contributed by atoms with Crippen molar-refractivity contribution in [2.24, 2.45) is 0 Å². The lowest BCUT2D eigenvalue weighted by atomic mass is 10.2. The molecular weight excluding hydrogens is 388 g/mol. The van der Waals surface area contributed by atoms with Gasteiger partial charge in [-0.1, -0.05) is 48.5 Å². The van der Waals surface area contributed by atoms with Gasteiger partial charge in [0.25, 0.3) is 0 Å². The van der Waals surface area contributed by atoms with Crippen LogP contribution in [0.25, 0.3) is 0 Å². The Bertz CT molecular complexity index is 877. The Morgan fingerprint density at radius 1 is 0.677 bits per heavy atom. The fourth-order valence-corrected chi connectivity index (χ4v) is 3.39. The number of para-hydroxylation sites is 2. The normalized spacial score (nSPS) is 11.1. The second kappa shape index (κ2) is 12.0. The summed E-state index contributed by atoms with van der Waals surface area (Å²) in [5.74, 6) is 0.643. The van der Waals surface area contributed by atoms with Gasteiger partial charge in [-0.05, 0) is 29.8 Å². The van der Waals surface area contributed by atoms with Crippen molar-refractivity contribution in [2.75, 3.05) is 31.9 Å². The van der Waals surface area contributed by atoms with Gasteiger partial charge in [0.15, 0.2) is 0 Å². The Balaban J connectivity index is 1.48. The molecule has 164 valence electrons. The van der Waals surface area contributed by atoms with E-state index in [1.165, 1.54) is 5.56 Å². The van der Waals surface area contributed by atoms with Crippen molar-refractivity contribution in [1.29, 1.82) is 0 Å². The molecule has 0 fully saturated rings. The number of benzene rings is 3. The molecule has 3 rings (SSSR count). The highest BCUT2D eigenvalue weighted by Gasteiger charge is 2.07. The van der Waals surface area contributed by atoms with Crippen LogP contribution in [0.4, 0.5) is 5.69 Å². The van der Waals surface area contributed by atoms with E-state index in [4.69, 9.17) is 5.73 Å². The predicted octanol–water partition coefficient (Wildman–Crippen LogP) is 3.06. The van der Waals surface area contributed by atoms with Gasteiger partial charge in [0.2, 0.25) is 0 Å². The van der Waals surface area contributed by atoms with Gasteiger partial charge in [0.1, 0.15) is 11.5 Å². The van der Waals surface area contributed by atoms with E-state index in [-0.39, 0.29) is 0 Å². The third-order valence-electron chi connectivity index (χ3n) is 5.21. The maximum Gasteiger partial charge on any atom is 0.120 e. The predicted molar refractivity (Wildman–Crippen MR) is 126 cm³/mol. The highest BCUT2D eigenvalue weighted by atomic mass is 16.3. The van der Waals surface area contributed by atoms with E-state index in [0.29, 0.717) is 24.6 Å². The quantitative estimate of drug-likeness (QED) is 0.228. The number of nitrogen functional groups attached to an aromatic ring is 1. The number of rotatable bonds is 12. The average Bonchev–Trinajstić information content (AvgIpc) is 2.77. The lowest BCUT2D eigenvalue weighted by Crippen LogP contribution is -2.36. The number of hydrogen-bond acceptors (Lipinski definition) is 6. The number of nitrogens with two attached hydrogens (primary N) is 1. The van der Waals surface area contributed by atoms with E-state index < -0.39 is 0 Å². The summed E-state index contributed by atoms with van der Waals surface area (Å²) in [5.41, 5.74) is 9.60. The fourth-order valence-electron chi connectivity index (χ4n) is 3.39. The van der Waals surface area contributed by atoms with Crippen molar-refractivity contribution in [2.45, 2.75) is 19.6 Å². The summed E-state index contributed by atoms with van der Waals surface area (Å²) in [4.78, 5) is 2.38. The summed E-state index contributed by atoms with van der Waals surface area (Å²) in [6.45, 7) is 5.46. The van der Waals surface area contributed by atoms with Crippen molar-refractivity contribution in [1.82, 2.24) is 15.5 Å². The van der Waals surface area contributed by atoms with Crippen LogP contribution in [0.1, 0.15) is 16.7 Å². The Labute approximate surface area is 184 Å². The van der Waals surface area contributed by atoms with Gasteiger partial charge in [0, 0.05) is 62.6 Å². The summed E-state index contributed by atoms with van der Waals surface area (Å²) < 4.78 is 0. The fraction of sp³-hybridized carbons (Fsp3) is 0.280. The van der Waals surface area contributed by atoms with Crippen LogP contribution in [-0.4, -0.2) is 41.3 Å². The Kier molecular flexibility index (Phi) is 8.72. The number of aromatic hydroxyl groups is 2. The van der Waals surface area contributed by atoms with Crippen LogP contribution in [0.2, 0.25) is 0 Å². The molecule has 0 heterocycles. The highest BCUT2D eigenvalue weighted by molar-refractivity contribution is 5.39. The first kappa shape index (κ1) is 22.6. The number of nitrogens with zero attached hydrogens (tertiary/aromatic N) is 1. The highest BCUT2D eigenvalue weighted by Crippen LogP contribution is 2.15. The zero-order valence-corrected chi connectivity index (χ0v) is 17.8. The van der Waals surface area contributed by atoms with Crippen molar-refractivity contribution in [3.05, 3.63) is 89.5 Å². The number of hydrogen-bond donors (Lipinski definition) is 5. The van der Waals surface area contributed by atoms with E-state index in [0.717, 1.165) is 49.5 Å². The third kappa shape index (κ3) is 7.61. The molecule has 0 bridgehead atoms. The molecule has 0 saturated carbocycles. The third-order valence-corrected chi connectivity index (χ3v) is 5.21. The van der Waals surface area contributed by atoms with Crippen molar-refractivity contribution < 1.29 is 10.2 Å². The molecular formula is C25H32N4O2. The maximum absolute atomic E-state index is 9.91. The number of phenolic OH excluding ortho intramolecular Hbond substituents is 2. The summed E-state index contributed by atoms with van der Waals surface area (Å²) in [6, 6.07) is 22.8. The van der Waals surface area contributed by atoms with Gasteiger partial charge in [-0.25, -0.2) is 0 Å². The first-order chi connectivity index (χ1) is 15.1. The molecule has 31 heavy (non-hydrogen) atoms. The van der Waals surface area contributed by atoms with Crippen molar-refractivity contribution in [3.63, 3.8) is 0 Å². The maximum atomic E-state index is 9.91. The number of phenols is 2. The zero-order valence-electron chi connectivity index (χ0n) is 17.8. The van der Waals surface area contributed by atoms with Crippen LogP contribution in [0.5, 0.6) is 11.5 Å². The average molecular weight is 421 g/mol. The standard InChI is InChI=1S/C25H32N4O2/c26-23-11-9-20(10-12-23)19-29(15-13-27-17-21-5-1-3-7-24(21)30)16-14-28-18-22-6-2-4-8-25(22)31/h1-12,27-28,30-31H,13-19,26H2. The second-order valence-corrected chi connectivity index (χ2v) is 7.63. The summed E-state index contributed by atoms with van der Waals surface area (Å²) in [6.07, 6.45) is 0. The summed E-state index contributed by atoms with van der Waals surface area (Å²) in [5, 5.41) is 26.6. The Morgan fingerprint density at radius 3 is 1.65 bits per heavy atom. The van der Waals surface area contributed by atoms with Crippen LogP contribution < -0.4 is 16.4 Å². The van der Waals surface area contributed by atoms with Gasteiger partial charge in [-0.2, -0.15) is 0 Å². The molecule has 0 radical (unpaired) electrons. The molecule has 3 aromatic rings. The molecule has 6 heteroatoms. The molecule has 3 aromatic carbocycles. The summed E-state index contributed by atoms with van der Waals surface area (Å²) in [7, 11) is 0. The molecule has 6 N–H and O–H groups in total. The van der Waals surface area contributed by atoms with Crippen LogP contribution in [0, 0.1) is 0 Å². The van der Waals surface area contributed by atoms with Crippen LogP contribution >= 0.6 is 0 Å². The van der Waals surface area contributed by atoms with E-state index in [1.54, 1.807) is 12.1 Å². The topological polar surface area (TPSA) is 93.8 Å². The smallest absolute Gasteiger partial charge is 0.120 e. The van der Waals surface area contributed by atoms with Gasteiger partial charge in [-0.3, -0.25) is 4.90 Å². The minimum Gasteiger partial charge on any atom is -0.508 e. The largest absolute Gasteiger partial charge is 0.508 e. The van der Waals surface area contributed by atoms with E-state index in [9.17, 15) is 10.2 Å². The van der Waals surface area contributed by atoms with Crippen LogP contribution in [-0.2, 0) is 19.6 Å². The van der Waals surface area contributed by atoms with E-state index in [2.05, 4.69) is 27.7 Å². The number of anilines is 1. The minimum atomic E-state index is 0.321. The molecule has 0 aromatic heterocycles. The van der Waals surface area contributed by atoms with Crippen LogP contribution in [0.15, 0.2) is 72.8 Å². The minimum absolute atomic E-state index is 0.321. The number of nitrogens with one attached hydrogen (secondary N) is 2. The molecule has 0 atom stereocenters. The lowest BCUT2D eigenvalue weighted by Gasteiger charge is -2.23. The lowest BCUT2D eigenvalue weighted by molar-refractivity contribution is 0.263. The molecule has 0 spiro atoms. The second-order valence-electron chi connectivity index (χ2n) is 7.63.